The summed E-state index contributed by atoms with van der Waals surface area (Å²) in [6.07, 6.45) is 0.813. The van der Waals surface area contributed by atoms with Crippen molar-refractivity contribution in [1.29, 1.82) is 0 Å². The topological polar surface area (TPSA) is 89.7 Å². The van der Waals surface area contributed by atoms with Gasteiger partial charge in [0.2, 0.25) is 0 Å². The van der Waals surface area contributed by atoms with Crippen LogP contribution < -0.4 is 16.0 Å². The summed E-state index contributed by atoms with van der Waals surface area (Å²) in [5.74, 6) is 0.124. The Hall–Kier alpha value is -1.38. The molecule has 0 aromatic carbocycles. The van der Waals surface area contributed by atoms with Gasteiger partial charge < -0.3 is 25.4 Å². The van der Waals surface area contributed by atoms with Gasteiger partial charge in [-0.05, 0) is 13.3 Å². The molecule has 1 aromatic heterocycles. The molecule has 1 aromatic rings. The number of carbonyl (C=O) groups is 1. The number of rotatable bonds is 3. The van der Waals surface area contributed by atoms with Crippen LogP contribution in [0.1, 0.15) is 23.0 Å². The quantitative estimate of drug-likeness (QED) is 0.843. The lowest BCUT2D eigenvalue weighted by Crippen LogP contribution is -2.46. The zero-order valence-corrected chi connectivity index (χ0v) is 12.9. The minimum Gasteiger partial charge on any atom is -0.382 e. The summed E-state index contributed by atoms with van der Waals surface area (Å²) in [7, 11) is 0. The maximum atomic E-state index is 12.4. The Kier molecular flexibility index (Phi) is 4.01. The number of carbonyl (C=O) groups excluding carboxylic acids is 1. The largest absolute Gasteiger partial charge is 0.382 e. The summed E-state index contributed by atoms with van der Waals surface area (Å²) in [4.78, 5) is 19.3. The maximum Gasteiger partial charge on any atom is 0.265 e. The van der Waals surface area contributed by atoms with E-state index in [1.807, 2.05) is 6.92 Å². The molecular formula is C13H20N4O3S. The van der Waals surface area contributed by atoms with Gasteiger partial charge in [-0.1, -0.05) is 11.3 Å². The second-order valence-corrected chi connectivity index (χ2v) is 6.61. The molecule has 0 radical (unpaired) electrons. The van der Waals surface area contributed by atoms with Crippen molar-refractivity contribution in [3.63, 3.8) is 0 Å². The number of aromatic nitrogens is 1. The first-order chi connectivity index (χ1) is 10.1. The molecule has 0 aliphatic carbocycles. The molecule has 2 fully saturated rings. The molecule has 8 heteroatoms. The van der Waals surface area contributed by atoms with Gasteiger partial charge in [-0.2, -0.15) is 0 Å². The molecule has 116 valence electrons. The summed E-state index contributed by atoms with van der Waals surface area (Å²) < 4.78 is 10.7. The van der Waals surface area contributed by atoms with E-state index in [0.717, 1.165) is 24.6 Å². The molecule has 3 N–H and O–H groups in total. The third-order valence-electron chi connectivity index (χ3n) is 3.76. The lowest BCUT2D eigenvalue weighted by Gasteiger charge is -2.26. The average Bonchev–Trinajstić information content (AvgIpc) is 3.06. The minimum absolute atomic E-state index is 0.169. The summed E-state index contributed by atoms with van der Waals surface area (Å²) in [5, 5.41) is 3.80. The number of hydrogen-bond acceptors (Lipinski definition) is 7. The Morgan fingerprint density at radius 3 is 2.81 bits per heavy atom. The van der Waals surface area contributed by atoms with Crippen LogP contribution in [0.4, 0.5) is 10.9 Å². The van der Waals surface area contributed by atoms with Gasteiger partial charge in [-0.15, -0.1) is 0 Å². The Morgan fingerprint density at radius 1 is 1.38 bits per heavy atom. The summed E-state index contributed by atoms with van der Waals surface area (Å²) in [6.45, 7) is 6.10. The molecule has 21 heavy (non-hydrogen) atoms. The third-order valence-corrected chi connectivity index (χ3v) is 4.89. The van der Waals surface area contributed by atoms with Crippen molar-refractivity contribution in [3.05, 3.63) is 4.88 Å². The highest BCUT2D eigenvalue weighted by Gasteiger charge is 2.33. The van der Waals surface area contributed by atoms with Gasteiger partial charge >= 0.3 is 0 Å². The molecule has 3 heterocycles. The lowest BCUT2D eigenvalue weighted by molar-refractivity contribution is 0.0894. The number of ether oxygens (including phenoxy) is 2. The normalized spacial score (nSPS) is 26.0. The van der Waals surface area contributed by atoms with E-state index < -0.39 is 0 Å². The van der Waals surface area contributed by atoms with Crippen LogP contribution in [0.5, 0.6) is 0 Å². The highest BCUT2D eigenvalue weighted by molar-refractivity contribution is 7.18. The van der Waals surface area contributed by atoms with Gasteiger partial charge in [0, 0.05) is 19.7 Å². The van der Waals surface area contributed by atoms with Crippen molar-refractivity contribution in [2.24, 2.45) is 0 Å². The molecule has 0 saturated carbocycles. The number of nitrogens with one attached hydrogen (secondary N) is 1. The van der Waals surface area contributed by atoms with Gasteiger partial charge in [0.15, 0.2) is 5.13 Å². The molecular weight excluding hydrogens is 292 g/mol. The summed E-state index contributed by atoms with van der Waals surface area (Å²) in [5.41, 5.74) is 5.60. The van der Waals surface area contributed by atoms with E-state index in [0.29, 0.717) is 37.1 Å². The zero-order chi connectivity index (χ0) is 14.9. The number of hydrogen-bond donors (Lipinski definition) is 2. The van der Waals surface area contributed by atoms with Gasteiger partial charge in [0.1, 0.15) is 10.7 Å². The van der Waals surface area contributed by atoms with Crippen molar-refractivity contribution < 1.29 is 14.3 Å². The minimum atomic E-state index is -0.313. The van der Waals surface area contributed by atoms with Gasteiger partial charge in [0.25, 0.3) is 5.91 Å². The van der Waals surface area contributed by atoms with Gasteiger partial charge in [-0.3, -0.25) is 4.79 Å². The first-order valence-corrected chi connectivity index (χ1v) is 7.88. The molecule has 1 unspecified atom stereocenters. The molecule has 0 spiro atoms. The Bertz CT molecular complexity index is 521. The third kappa shape index (κ3) is 3.12. The first-order valence-electron chi connectivity index (χ1n) is 7.07. The highest BCUT2D eigenvalue weighted by Crippen LogP contribution is 2.29. The summed E-state index contributed by atoms with van der Waals surface area (Å²) in [6, 6.07) is 0. The average molecular weight is 312 g/mol. The standard InChI is InChI=1S/C13H20N4O3S/c1-13(2-5-20-8-13)16-11(18)9-10(14)15-12(21-9)17-3-6-19-7-4-17/h2-8,14H2,1H3,(H,16,18). The van der Waals surface area contributed by atoms with E-state index in [1.165, 1.54) is 11.3 Å². The van der Waals surface area contributed by atoms with Gasteiger partial charge in [-0.25, -0.2) is 4.98 Å². The van der Waals surface area contributed by atoms with Crippen LogP contribution in [0.3, 0.4) is 0 Å². The Labute approximate surface area is 127 Å². The molecule has 2 saturated heterocycles. The fourth-order valence-electron chi connectivity index (χ4n) is 2.47. The number of nitrogens with two attached hydrogens (primary N) is 1. The molecule has 1 amide bonds. The van der Waals surface area contributed by atoms with Crippen molar-refractivity contribution in [2.45, 2.75) is 18.9 Å². The fourth-order valence-corrected chi connectivity index (χ4v) is 3.40. The predicted octanol–water partition coefficient (Wildman–Crippen LogP) is 0.471. The van der Waals surface area contributed by atoms with E-state index in [4.69, 9.17) is 15.2 Å². The maximum absolute atomic E-state index is 12.4. The molecule has 1 atom stereocenters. The van der Waals surface area contributed by atoms with Crippen LogP contribution in [0.25, 0.3) is 0 Å². The number of thiazole rings is 1. The van der Waals surface area contributed by atoms with E-state index in [9.17, 15) is 4.79 Å². The van der Waals surface area contributed by atoms with E-state index in [-0.39, 0.29) is 11.4 Å². The smallest absolute Gasteiger partial charge is 0.265 e. The van der Waals surface area contributed by atoms with Crippen LogP contribution in [-0.2, 0) is 9.47 Å². The first kappa shape index (κ1) is 14.6. The second-order valence-electron chi connectivity index (χ2n) is 5.63. The number of morpholine rings is 1. The predicted molar refractivity (Wildman–Crippen MR) is 80.9 cm³/mol. The van der Waals surface area contributed by atoms with Crippen LogP contribution in [0.15, 0.2) is 0 Å². The van der Waals surface area contributed by atoms with Crippen molar-refractivity contribution in [1.82, 2.24) is 10.3 Å². The van der Waals surface area contributed by atoms with Crippen LogP contribution >= 0.6 is 11.3 Å². The second kappa shape index (κ2) is 5.78. The molecule has 2 aliphatic rings. The SMILES string of the molecule is CC1(NC(=O)c2sc(N3CCOCC3)nc2N)CCOC1. The van der Waals surface area contributed by atoms with Crippen LogP contribution in [-0.4, -0.2) is 55.9 Å². The number of amides is 1. The monoisotopic (exact) mass is 312 g/mol. The van der Waals surface area contributed by atoms with E-state index in [2.05, 4.69) is 15.2 Å². The van der Waals surface area contributed by atoms with Gasteiger partial charge in [0.05, 0.1) is 25.4 Å². The highest BCUT2D eigenvalue weighted by atomic mass is 32.1. The Morgan fingerprint density at radius 2 is 2.14 bits per heavy atom. The number of anilines is 2. The van der Waals surface area contributed by atoms with Crippen LogP contribution in [0, 0.1) is 0 Å². The lowest BCUT2D eigenvalue weighted by atomic mass is 10.0. The zero-order valence-electron chi connectivity index (χ0n) is 12.1. The molecule has 3 rings (SSSR count). The number of nitrogens with zero attached hydrogens (tertiary/aromatic N) is 2. The number of nitrogen functional groups attached to an aromatic ring is 1. The van der Waals surface area contributed by atoms with E-state index in [1.54, 1.807) is 0 Å². The van der Waals surface area contributed by atoms with E-state index >= 15 is 0 Å². The molecule has 0 bridgehead atoms. The molecule has 7 nitrogen and oxygen atoms in total. The van der Waals surface area contributed by atoms with Crippen LogP contribution in [0.2, 0.25) is 0 Å². The van der Waals surface area contributed by atoms with Crippen molar-refractivity contribution >= 4 is 28.2 Å². The van der Waals surface area contributed by atoms with Crippen molar-refractivity contribution in [3.8, 4) is 0 Å². The molecule has 2 aliphatic heterocycles. The Balaban J connectivity index is 1.72. The fraction of sp³-hybridized carbons (Fsp3) is 0.692. The summed E-state index contributed by atoms with van der Waals surface area (Å²) >= 11 is 1.34. The van der Waals surface area contributed by atoms with Crippen molar-refractivity contribution in [2.75, 3.05) is 50.2 Å².